The maximum atomic E-state index is 11.9. The average Bonchev–Trinajstić information content (AvgIpc) is 2.59. The Morgan fingerprint density at radius 2 is 1.75 bits per heavy atom. The number of benzene rings is 1. The number of carbonyl (C=O) groups excluding carboxylic acids is 1. The van der Waals surface area contributed by atoms with Crippen LogP contribution in [0.2, 0.25) is 0 Å². The summed E-state index contributed by atoms with van der Waals surface area (Å²) in [5.41, 5.74) is 2.14. The number of urea groups is 1. The van der Waals surface area contributed by atoms with Gasteiger partial charge in [-0.05, 0) is 43.7 Å². The summed E-state index contributed by atoms with van der Waals surface area (Å²) in [4.78, 5) is 22.9. The molecular weight excluding hydrogens is 308 g/mol. The van der Waals surface area contributed by atoms with Gasteiger partial charge in [-0.3, -0.25) is 4.79 Å². The number of ether oxygens (including phenoxy) is 1. The first-order valence-electron chi connectivity index (χ1n) is 8.51. The maximum Gasteiger partial charge on any atom is 0.315 e. The third-order valence-electron chi connectivity index (χ3n) is 4.36. The van der Waals surface area contributed by atoms with Gasteiger partial charge in [-0.2, -0.15) is 0 Å². The molecule has 1 fully saturated rings. The van der Waals surface area contributed by atoms with E-state index in [0.29, 0.717) is 32.6 Å². The Kier molecular flexibility index (Phi) is 7.06. The van der Waals surface area contributed by atoms with Crippen molar-refractivity contribution in [3.63, 3.8) is 0 Å². The Morgan fingerprint density at radius 1 is 1.12 bits per heavy atom. The molecule has 1 aliphatic carbocycles. The van der Waals surface area contributed by atoms with E-state index in [1.165, 1.54) is 0 Å². The summed E-state index contributed by atoms with van der Waals surface area (Å²) < 4.78 is 5.35. The number of carboxylic acid groups (broad SMARTS) is 1. The van der Waals surface area contributed by atoms with Gasteiger partial charge in [0.2, 0.25) is 0 Å². The molecule has 1 aliphatic rings. The van der Waals surface area contributed by atoms with E-state index in [2.05, 4.69) is 10.6 Å². The topological polar surface area (TPSA) is 87.7 Å². The third-order valence-corrected chi connectivity index (χ3v) is 4.36. The van der Waals surface area contributed by atoms with Gasteiger partial charge in [-0.25, -0.2) is 4.79 Å². The zero-order valence-corrected chi connectivity index (χ0v) is 14.1. The molecule has 0 spiro atoms. The van der Waals surface area contributed by atoms with E-state index in [0.717, 1.165) is 24.0 Å². The van der Waals surface area contributed by atoms with Gasteiger partial charge in [-0.1, -0.05) is 24.3 Å². The SMILES string of the molecule is CCOCc1ccc(CNC(=O)NC2CCC(C(=O)O)CC2)cc1. The molecule has 1 aromatic carbocycles. The van der Waals surface area contributed by atoms with Crippen molar-refractivity contribution in [3.8, 4) is 0 Å². The van der Waals surface area contributed by atoms with Crippen molar-refractivity contribution in [1.82, 2.24) is 10.6 Å². The quantitative estimate of drug-likeness (QED) is 0.715. The minimum absolute atomic E-state index is 0.0640. The van der Waals surface area contributed by atoms with E-state index >= 15 is 0 Å². The minimum atomic E-state index is -0.731. The number of hydrogen-bond donors (Lipinski definition) is 3. The van der Waals surface area contributed by atoms with Gasteiger partial charge in [0.25, 0.3) is 0 Å². The molecule has 0 aromatic heterocycles. The highest BCUT2D eigenvalue weighted by atomic mass is 16.5. The number of carbonyl (C=O) groups is 2. The second-order valence-electron chi connectivity index (χ2n) is 6.17. The van der Waals surface area contributed by atoms with Gasteiger partial charge in [-0.15, -0.1) is 0 Å². The summed E-state index contributed by atoms with van der Waals surface area (Å²) in [5, 5.41) is 14.7. The van der Waals surface area contributed by atoms with Crippen molar-refractivity contribution in [2.24, 2.45) is 5.92 Å². The fourth-order valence-corrected chi connectivity index (χ4v) is 2.88. The molecule has 0 aliphatic heterocycles. The van der Waals surface area contributed by atoms with Crippen LogP contribution in [0, 0.1) is 5.92 Å². The molecule has 0 atom stereocenters. The second-order valence-corrected chi connectivity index (χ2v) is 6.17. The van der Waals surface area contributed by atoms with Crippen LogP contribution in [0.3, 0.4) is 0 Å². The average molecular weight is 334 g/mol. The monoisotopic (exact) mass is 334 g/mol. The smallest absolute Gasteiger partial charge is 0.315 e. The van der Waals surface area contributed by atoms with E-state index in [9.17, 15) is 9.59 Å². The molecule has 2 amide bonds. The van der Waals surface area contributed by atoms with Crippen molar-refractivity contribution in [2.75, 3.05) is 6.61 Å². The summed E-state index contributed by atoms with van der Waals surface area (Å²) in [5.74, 6) is -0.994. The molecule has 6 nitrogen and oxygen atoms in total. The van der Waals surface area contributed by atoms with E-state index in [-0.39, 0.29) is 18.0 Å². The Balaban J connectivity index is 1.69. The lowest BCUT2D eigenvalue weighted by Crippen LogP contribution is -2.43. The van der Waals surface area contributed by atoms with Gasteiger partial charge < -0.3 is 20.5 Å². The van der Waals surface area contributed by atoms with Crippen LogP contribution in [0.25, 0.3) is 0 Å². The fourth-order valence-electron chi connectivity index (χ4n) is 2.88. The third kappa shape index (κ3) is 5.85. The Bertz CT molecular complexity index is 536. The molecule has 0 bridgehead atoms. The summed E-state index contributed by atoms with van der Waals surface area (Å²) in [6.45, 7) is 3.72. The number of carboxylic acids is 1. The first-order chi connectivity index (χ1) is 11.6. The largest absolute Gasteiger partial charge is 0.481 e. The lowest BCUT2D eigenvalue weighted by atomic mass is 9.86. The van der Waals surface area contributed by atoms with E-state index in [1.54, 1.807) is 0 Å². The van der Waals surface area contributed by atoms with Crippen molar-refractivity contribution < 1.29 is 19.4 Å². The summed E-state index contributed by atoms with van der Waals surface area (Å²) in [6, 6.07) is 7.82. The maximum absolute atomic E-state index is 11.9. The Labute approximate surface area is 142 Å². The van der Waals surface area contributed by atoms with Gasteiger partial charge in [0.05, 0.1) is 12.5 Å². The number of nitrogens with one attached hydrogen (secondary N) is 2. The van der Waals surface area contributed by atoms with Crippen LogP contribution in [0.1, 0.15) is 43.7 Å². The van der Waals surface area contributed by atoms with Crippen LogP contribution >= 0.6 is 0 Å². The normalized spacial score (nSPS) is 20.4. The standard InChI is InChI=1S/C18H26N2O4/c1-2-24-12-14-5-3-13(4-6-14)11-19-18(23)20-16-9-7-15(8-10-16)17(21)22/h3-6,15-16H,2,7-12H2,1H3,(H,21,22)(H2,19,20,23). The van der Waals surface area contributed by atoms with E-state index in [4.69, 9.17) is 9.84 Å². The lowest BCUT2D eigenvalue weighted by Gasteiger charge is -2.26. The van der Waals surface area contributed by atoms with Gasteiger partial charge in [0.1, 0.15) is 0 Å². The first-order valence-corrected chi connectivity index (χ1v) is 8.51. The zero-order chi connectivity index (χ0) is 17.4. The van der Waals surface area contributed by atoms with Crippen LogP contribution in [-0.2, 0) is 22.7 Å². The summed E-state index contributed by atoms with van der Waals surface area (Å²) in [7, 11) is 0. The lowest BCUT2D eigenvalue weighted by molar-refractivity contribution is -0.142. The van der Waals surface area contributed by atoms with Crippen LogP contribution in [-0.4, -0.2) is 29.8 Å². The number of aliphatic carboxylic acids is 1. The Hall–Kier alpha value is -2.08. The summed E-state index contributed by atoms with van der Waals surface area (Å²) >= 11 is 0. The fraction of sp³-hybridized carbons (Fsp3) is 0.556. The predicted molar refractivity (Wildman–Crippen MR) is 90.5 cm³/mol. The minimum Gasteiger partial charge on any atom is -0.481 e. The predicted octanol–water partition coefficient (Wildman–Crippen LogP) is 2.67. The highest BCUT2D eigenvalue weighted by Crippen LogP contribution is 2.24. The van der Waals surface area contributed by atoms with Crippen molar-refractivity contribution in [1.29, 1.82) is 0 Å². The highest BCUT2D eigenvalue weighted by Gasteiger charge is 2.26. The molecule has 0 unspecified atom stereocenters. The molecule has 0 heterocycles. The molecule has 0 saturated heterocycles. The zero-order valence-electron chi connectivity index (χ0n) is 14.1. The van der Waals surface area contributed by atoms with Gasteiger partial charge in [0, 0.05) is 19.2 Å². The molecular formula is C18H26N2O4. The molecule has 2 rings (SSSR count). The molecule has 6 heteroatoms. The van der Waals surface area contributed by atoms with Crippen LogP contribution in [0.4, 0.5) is 4.79 Å². The van der Waals surface area contributed by atoms with Crippen LogP contribution < -0.4 is 10.6 Å². The molecule has 1 saturated carbocycles. The second kappa shape index (κ2) is 9.27. The Morgan fingerprint density at radius 3 is 2.33 bits per heavy atom. The van der Waals surface area contributed by atoms with E-state index < -0.39 is 5.97 Å². The van der Waals surface area contributed by atoms with Crippen molar-refractivity contribution in [3.05, 3.63) is 35.4 Å². The van der Waals surface area contributed by atoms with Crippen LogP contribution in [0.5, 0.6) is 0 Å². The summed E-state index contributed by atoms with van der Waals surface area (Å²) in [6.07, 6.45) is 2.69. The molecule has 3 N–H and O–H groups in total. The first kappa shape index (κ1) is 18.3. The van der Waals surface area contributed by atoms with Crippen molar-refractivity contribution >= 4 is 12.0 Å². The molecule has 1 aromatic rings. The number of hydrogen-bond acceptors (Lipinski definition) is 3. The van der Waals surface area contributed by atoms with E-state index in [1.807, 2.05) is 31.2 Å². The highest BCUT2D eigenvalue weighted by molar-refractivity contribution is 5.74. The molecule has 24 heavy (non-hydrogen) atoms. The van der Waals surface area contributed by atoms with Gasteiger partial charge in [0.15, 0.2) is 0 Å². The molecule has 0 radical (unpaired) electrons. The number of rotatable bonds is 7. The molecule has 132 valence electrons. The van der Waals surface area contributed by atoms with Crippen molar-refractivity contribution in [2.45, 2.75) is 51.8 Å². The van der Waals surface area contributed by atoms with Crippen LogP contribution in [0.15, 0.2) is 24.3 Å². The van der Waals surface area contributed by atoms with Gasteiger partial charge >= 0.3 is 12.0 Å². The number of amides is 2.